The maximum absolute atomic E-state index is 12.2. The maximum atomic E-state index is 12.2. The molecule has 0 aliphatic heterocycles. The Bertz CT molecular complexity index is 871. The van der Waals surface area contributed by atoms with E-state index in [9.17, 15) is 13.2 Å². The lowest BCUT2D eigenvalue weighted by Gasteiger charge is -2.10. The quantitative estimate of drug-likeness (QED) is 0.647. The Labute approximate surface area is 162 Å². The lowest BCUT2D eigenvalue weighted by atomic mass is 10.2. The fourth-order valence-electron chi connectivity index (χ4n) is 2.09. The third-order valence-electron chi connectivity index (χ3n) is 3.32. The van der Waals surface area contributed by atoms with Crippen molar-refractivity contribution in [1.82, 2.24) is 10.0 Å². The van der Waals surface area contributed by atoms with E-state index in [0.717, 1.165) is 0 Å². The van der Waals surface area contributed by atoms with Crippen LogP contribution in [0, 0.1) is 0 Å². The van der Waals surface area contributed by atoms with E-state index in [1.807, 2.05) is 6.92 Å². The van der Waals surface area contributed by atoms with Crippen LogP contribution in [0.4, 0.5) is 0 Å². The van der Waals surface area contributed by atoms with Gasteiger partial charge in [-0.2, -0.15) is 0 Å². The number of ether oxygens (including phenoxy) is 1. The third kappa shape index (κ3) is 5.60. The summed E-state index contributed by atoms with van der Waals surface area (Å²) < 4.78 is 32.1. The van der Waals surface area contributed by atoms with Gasteiger partial charge in [0.2, 0.25) is 10.0 Å². The topological polar surface area (TPSA) is 84.5 Å². The second kappa shape index (κ2) is 9.23. The highest BCUT2D eigenvalue weighted by Gasteiger charge is 2.14. The zero-order valence-corrected chi connectivity index (χ0v) is 16.3. The molecule has 2 rings (SSSR count). The molecule has 6 nitrogen and oxygen atoms in total. The van der Waals surface area contributed by atoms with Gasteiger partial charge in [-0.15, -0.1) is 0 Å². The monoisotopic (exact) mass is 416 g/mol. The van der Waals surface area contributed by atoms with Crippen molar-refractivity contribution in [3.8, 4) is 5.75 Å². The largest absolute Gasteiger partial charge is 0.494 e. The van der Waals surface area contributed by atoms with Crippen LogP contribution in [-0.4, -0.2) is 34.0 Å². The molecule has 0 aromatic heterocycles. The Kier molecular flexibility index (Phi) is 7.28. The number of sulfonamides is 1. The first-order valence-corrected chi connectivity index (χ1v) is 10.0. The van der Waals surface area contributed by atoms with Gasteiger partial charge in [0, 0.05) is 18.1 Å². The van der Waals surface area contributed by atoms with Crippen LogP contribution < -0.4 is 14.8 Å². The molecule has 0 saturated heterocycles. The van der Waals surface area contributed by atoms with Crippen LogP contribution in [0.3, 0.4) is 0 Å². The zero-order valence-electron chi connectivity index (χ0n) is 14.0. The van der Waals surface area contributed by atoms with Gasteiger partial charge in [0.25, 0.3) is 5.91 Å². The van der Waals surface area contributed by atoms with Gasteiger partial charge in [-0.05, 0) is 49.4 Å². The second-order valence-electron chi connectivity index (χ2n) is 5.18. The van der Waals surface area contributed by atoms with Crippen molar-refractivity contribution in [2.45, 2.75) is 11.8 Å². The van der Waals surface area contributed by atoms with Gasteiger partial charge in [0.1, 0.15) is 5.75 Å². The van der Waals surface area contributed by atoms with Crippen LogP contribution in [0.25, 0.3) is 0 Å². The van der Waals surface area contributed by atoms with Crippen LogP contribution in [0.2, 0.25) is 10.0 Å². The molecule has 0 radical (unpaired) electrons. The average Bonchev–Trinajstić information content (AvgIpc) is 2.61. The molecule has 0 spiro atoms. The summed E-state index contributed by atoms with van der Waals surface area (Å²) in [6.07, 6.45) is 0. The fourth-order valence-corrected chi connectivity index (χ4v) is 3.50. The fraction of sp³-hybridized carbons (Fsp3) is 0.235. The first-order chi connectivity index (χ1) is 12.3. The summed E-state index contributed by atoms with van der Waals surface area (Å²) in [5.41, 5.74) is 0.230. The van der Waals surface area contributed by atoms with E-state index in [4.69, 9.17) is 27.9 Å². The zero-order chi connectivity index (χ0) is 19.2. The summed E-state index contributed by atoms with van der Waals surface area (Å²) in [4.78, 5) is 12.2. The number of hydrogen-bond acceptors (Lipinski definition) is 4. The van der Waals surface area contributed by atoms with E-state index < -0.39 is 15.9 Å². The minimum Gasteiger partial charge on any atom is -0.494 e. The molecule has 0 aliphatic carbocycles. The summed E-state index contributed by atoms with van der Waals surface area (Å²) >= 11 is 11.8. The Balaban J connectivity index is 1.88. The molecular weight excluding hydrogens is 399 g/mol. The average molecular weight is 417 g/mol. The summed E-state index contributed by atoms with van der Waals surface area (Å²) in [6.45, 7) is 2.47. The number of carbonyl (C=O) groups is 1. The molecule has 2 N–H and O–H groups in total. The van der Waals surface area contributed by atoms with E-state index in [-0.39, 0.29) is 28.6 Å². The summed E-state index contributed by atoms with van der Waals surface area (Å²) in [7, 11) is -3.67. The van der Waals surface area contributed by atoms with Gasteiger partial charge < -0.3 is 10.1 Å². The molecule has 0 saturated carbocycles. The highest BCUT2D eigenvalue weighted by atomic mass is 35.5. The number of hydrogen-bond donors (Lipinski definition) is 2. The van der Waals surface area contributed by atoms with Crippen molar-refractivity contribution in [3.05, 3.63) is 58.1 Å². The van der Waals surface area contributed by atoms with E-state index >= 15 is 0 Å². The second-order valence-corrected chi connectivity index (χ2v) is 7.79. The normalized spacial score (nSPS) is 11.2. The number of halogens is 2. The predicted octanol–water partition coefficient (Wildman–Crippen LogP) is 3.10. The van der Waals surface area contributed by atoms with Crippen LogP contribution in [-0.2, 0) is 10.0 Å². The van der Waals surface area contributed by atoms with Gasteiger partial charge in [-0.1, -0.05) is 23.2 Å². The maximum Gasteiger partial charge on any atom is 0.252 e. The van der Waals surface area contributed by atoms with Gasteiger partial charge in [0.15, 0.2) is 0 Å². The van der Waals surface area contributed by atoms with Crippen molar-refractivity contribution in [2.24, 2.45) is 0 Å². The van der Waals surface area contributed by atoms with Crippen LogP contribution in [0.1, 0.15) is 17.3 Å². The van der Waals surface area contributed by atoms with Crippen molar-refractivity contribution in [1.29, 1.82) is 0 Å². The number of rotatable bonds is 8. The molecule has 140 valence electrons. The molecule has 2 aromatic rings. The number of carbonyl (C=O) groups excluding carboxylic acids is 1. The lowest BCUT2D eigenvalue weighted by molar-refractivity contribution is 0.0954. The molecule has 9 heteroatoms. The first-order valence-electron chi connectivity index (χ1n) is 7.79. The standard InChI is InChI=1S/C17H18Cl2N2O4S/c1-2-25-13-4-6-14(7-5-13)26(23,24)21-10-9-20-17(22)15-11-12(18)3-8-16(15)19/h3-8,11,21H,2,9-10H2,1H3,(H,20,22). The summed E-state index contributed by atoms with van der Waals surface area (Å²) in [5.74, 6) is 0.162. The summed E-state index contributed by atoms with van der Waals surface area (Å²) in [5, 5.41) is 3.24. The van der Waals surface area contributed by atoms with Crippen molar-refractivity contribution in [3.63, 3.8) is 0 Å². The van der Waals surface area contributed by atoms with E-state index in [0.29, 0.717) is 17.4 Å². The molecule has 2 aromatic carbocycles. The minimum absolute atomic E-state index is 0.0273. The highest BCUT2D eigenvalue weighted by Crippen LogP contribution is 2.20. The SMILES string of the molecule is CCOc1ccc(S(=O)(=O)NCCNC(=O)c2cc(Cl)ccc2Cl)cc1. The smallest absolute Gasteiger partial charge is 0.252 e. The van der Waals surface area contributed by atoms with Crippen LogP contribution in [0.5, 0.6) is 5.75 Å². The lowest BCUT2D eigenvalue weighted by Crippen LogP contribution is -2.34. The van der Waals surface area contributed by atoms with Crippen LogP contribution >= 0.6 is 23.2 Å². The molecule has 0 unspecified atom stereocenters. The Morgan fingerprint density at radius 3 is 2.42 bits per heavy atom. The Morgan fingerprint density at radius 1 is 1.08 bits per heavy atom. The third-order valence-corrected chi connectivity index (χ3v) is 5.36. The van der Waals surface area contributed by atoms with Gasteiger partial charge in [0.05, 0.1) is 22.1 Å². The van der Waals surface area contributed by atoms with Gasteiger partial charge in [-0.25, -0.2) is 13.1 Å². The van der Waals surface area contributed by atoms with E-state index in [2.05, 4.69) is 10.0 Å². The van der Waals surface area contributed by atoms with Crippen molar-refractivity contribution < 1.29 is 17.9 Å². The minimum atomic E-state index is -3.67. The number of nitrogens with one attached hydrogen (secondary N) is 2. The van der Waals surface area contributed by atoms with Crippen molar-refractivity contribution in [2.75, 3.05) is 19.7 Å². The van der Waals surface area contributed by atoms with Crippen LogP contribution in [0.15, 0.2) is 47.4 Å². The van der Waals surface area contributed by atoms with E-state index in [1.54, 1.807) is 18.2 Å². The molecule has 0 aliphatic rings. The molecular formula is C17H18Cl2N2O4S. The van der Waals surface area contributed by atoms with Crippen molar-refractivity contribution >= 4 is 39.1 Å². The first kappa shape index (κ1) is 20.5. The molecule has 1 amide bonds. The predicted molar refractivity (Wildman–Crippen MR) is 102 cm³/mol. The number of benzene rings is 2. The van der Waals surface area contributed by atoms with E-state index in [1.165, 1.54) is 24.3 Å². The van der Waals surface area contributed by atoms with Gasteiger partial charge >= 0.3 is 0 Å². The van der Waals surface area contributed by atoms with Gasteiger partial charge in [-0.3, -0.25) is 4.79 Å². The Morgan fingerprint density at radius 2 is 1.77 bits per heavy atom. The molecule has 0 bridgehead atoms. The number of amides is 1. The molecule has 0 atom stereocenters. The highest BCUT2D eigenvalue weighted by molar-refractivity contribution is 7.89. The molecule has 0 heterocycles. The molecule has 0 fully saturated rings. The summed E-state index contributed by atoms with van der Waals surface area (Å²) in [6, 6.07) is 10.6. The molecule has 26 heavy (non-hydrogen) atoms. The Hall–Kier alpha value is -1.80.